The summed E-state index contributed by atoms with van der Waals surface area (Å²) in [6, 6.07) is -0.0893. The lowest BCUT2D eigenvalue weighted by Gasteiger charge is -2.16. The second kappa shape index (κ2) is 9.60. The zero-order valence-electron chi connectivity index (χ0n) is 13.1. The SMILES string of the molecule is CC(CCCC(C)C(=O)O)NC(=O)NCCC1CCOC1. The van der Waals surface area contributed by atoms with E-state index >= 15 is 0 Å². The van der Waals surface area contributed by atoms with Crippen LogP contribution in [0.2, 0.25) is 0 Å². The third-order valence-electron chi connectivity index (χ3n) is 3.94. The van der Waals surface area contributed by atoms with E-state index < -0.39 is 5.97 Å². The summed E-state index contributed by atoms with van der Waals surface area (Å²) in [5, 5.41) is 14.5. The first-order valence-corrected chi connectivity index (χ1v) is 7.84. The van der Waals surface area contributed by atoms with Gasteiger partial charge in [-0.3, -0.25) is 4.79 Å². The van der Waals surface area contributed by atoms with Crippen LogP contribution < -0.4 is 10.6 Å². The van der Waals surface area contributed by atoms with E-state index in [9.17, 15) is 9.59 Å². The van der Waals surface area contributed by atoms with Crippen LogP contribution in [0.5, 0.6) is 0 Å². The highest BCUT2D eigenvalue weighted by Gasteiger charge is 2.16. The average Bonchev–Trinajstić information content (AvgIpc) is 2.91. The summed E-state index contributed by atoms with van der Waals surface area (Å²) in [5.74, 6) is -0.510. The Morgan fingerprint density at radius 2 is 2.10 bits per heavy atom. The van der Waals surface area contributed by atoms with E-state index in [0.29, 0.717) is 18.9 Å². The van der Waals surface area contributed by atoms with Crippen molar-refractivity contribution < 1.29 is 19.4 Å². The first-order valence-electron chi connectivity index (χ1n) is 7.84. The van der Waals surface area contributed by atoms with Crippen LogP contribution >= 0.6 is 0 Å². The molecule has 3 unspecified atom stereocenters. The highest BCUT2D eigenvalue weighted by Crippen LogP contribution is 2.15. The highest BCUT2D eigenvalue weighted by molar-refractivity contribution is 5.74. The maximum atomic E-state index is 11.7. The molecule has 0 radical (unpaired) electrons. The second-order valence-electron chi connectivity index (χ2n) is 5.99. The fraction of sp³-hybridized carbons (Fsp3) is 0.867. The Kier molecular flexibility index (Phi) is 8.12. The van der Waals surface area contributed by atoms with Crippen LogP contribution in [-0.4, -0.2) is 42.9 Å². The third kappa shape index (κ3) is 7.90. The minimum absolute atomic E-state index is 0.0563. The van der Waals surface area contributed by atoms with E-state index in [1.165, 1.54) is 0 Å². The number of ether oxygens (including phenoxy) is 1. The van der Waals surface area contributed by atoms with Gasteiger partial charge in [0, 0.05) is 25.8 Å². The Morgan fingerprint density at radius 3 is 2.71 bits per heavy atom. The lowest BCUT2D eigenvalue weighted by atomic mass is 10.0. The molecule has 1 saturated heterocycles. The molecular weight excluding hydrogens is 272 g/mol. The van der Waals surface area contributed by atoms with Gasteiger partial charge in [-0.2, -0.15) is 0 Å². The molecule has 6 nitrogen and oxygen atoms in total. The number of hydrogen-bond acceptors (Lipinski definition) is 3. The van der Waals surface area contributed by atoms with E-state index in [0.717, 1.165) is 38.9 Å². The summed E-state index contributed by atoms with van der Waals surface area (Å²) < 4.78 is 5.29. The molecule has 0 spiro atoms. The smallest absolute Gasteiger partial charge is 0.314 e. The van der Waals surface area contributed by atoms with E-state index in [1.807, 2.05) is 6.92 Å². The molecule has 2 amide bonds. The molecule has 0 bridgehead atoms. The highest BCUT2D eigenvalue weighted by atomic mass is 16.5. The van der Waals surface area contributed by atoms with Crippen LogP contribution in [0.25, 0.3) is 0 Å². The fourth-order valence-corrected chi connectivity index (χ4v) is 2.40. The lowest BCUT2D eigenvalue weighted by molar-refractivity contribution is -0.141. The largest absolute Gasteiger partial charge is 0.481 e. The predicted molar refractivity (Wildman–Crippen MR) is 80.2 cm³/mol. The van der Waals surface area contributed by atoms with E-state index in [1.54, 1.807) is 6.92 Å². The summed E-state index contributed by atoms with van der Waals surface area (Å²) in [6.07, 6.45) is 4.28. The predicted octanol–water partition coefficient (Wildman–Crippen LogP) is 1.99. The van der Waals surface area contributed by atoms with Gasteiger partial charge >= 0.3 is 12.0 Å². The van der Waals surface area contributed by atoms with Gasteiger partial charge in [0.05, 0.1) is 5.92 Å². The van der Waals surface area contributed by atoms with Crippen LogP contribution in [0.1, 0.15) is 46.0 Å². The lowest BCUT2D eigenvalue weighted by Crippen LogP contribution is -2.41. The molecule has 3 atom stereocenters. The van der Waals surface area contributed by atoms with Gasteiger partial charge in [-0.15, -0.1) is 0 Å². The van der Waals surface area contributed by atoms with Gasteiger partial charge in [-0.1, -0.05) is 13.3 Å². The molecule has 1 aliphatic heterocycles. The number of rotatable bonds is 9. The monoisotopic (exact) mass is 300 g/mol. The molecule has 21 heavy (non-hydrogen) atoms. The number of carbonyl (C=O) groups excluding carboxylic acids is 1. The van der Waals surface area contributed by atoms with Crippen molar-refractivity contribution in [1.29, 1.82) is 0 Å². The van der Waals surface area contributed by atoms with Crippen LogP contribution in [0.15, 0.2) is 0 Å². The molecule has 1 aliphatic rings. The number of carboxylic acid groups (broad SMARTS) is 1. The molecule has 6 heteroatoms. The van der Waals surface area contributed by atoms with Crippen molar-refractivity contribution in [3.63, 3.8) is 0 Å². The minimum Gasteiger partial charge on any atom is -0.481 e. The first kappa shape index (κ1) is 17.8. The Balaban J connectivity index is 2.03. The summed E-state index contributed by atoms with van der Waals surface area (Å²) in [7, 11) is 0. The van der Waals surface area contributed by atoms with E-state index in [-0.39, 0.29) is 18.0 Å². The Labute approximate surface area is 126 Å². The minimum atomic E-state index is -0.760. The topological polar surface area (TPSA) is 87.7 Å². The Bertz CT molecular complexity index is 330. The zero-order chi connectivity index (χ0) is 15.7. The summed E-state index contributed by atoms with van der Waals surface area (Å²) in [4.78, 5) is 22.4. The maximum Gasteiger partial charge on any atom is 0.314 e. The van der Waals surface area contributed by atoms with Gasteiger partial charge in [0.15, 0.2) is 0 Å². The van der Waals surface area contributed by atoms with Gasteiger partial charge in [0.25, 0.3) is 0 Å². The van der Waals surface area contributed by atoms with Gasteiger partial charge < -0.3 is 20.5 Å². The van der Waals surface area contributed by atoms with E-state index in [4.69, 9.17) is 9.84 Å². The Hall–Kier alpha value is -1.30. The molecule has 3 N–H and O–H groups in total. The van der Waals surface area contributed by atoms with Crippen molar-refractivity contribution in [2.24, 2.45) is 11.8 Å². The average molecular weight is 300 g/mol. The normalized spacial score (nSPS) is 20.8. The number of amides is 2. The molecule has 1 rings (SSSR count). The van der Waals surface area contributed by atoms with Crippen molar-refractivity contribution in [2.75, 3.05) is 19.8 Å². The maximum absolute atomic E-state index is 11.7. The summed E-state index contributed by atoms with van der Waals surface area (Å²) in [5.41, 5.74) is 0. The second-order valence-corrected chi connectivity index (χ2v) is 5.99. The molecular formula is C15H28N2O4. The van der Waals surface area contributed by atoms with Crippen LogP contribution in [0.4, 0.5) is 4.79 Å². The van der Waals surface area contributed by atoms with Gasteiger partial charge in [-0.25, -0.2) is 4.79 Å². The Morgan fingerprint density at radius 1 is 1.33 bits per heavy atom. The van der Waals surface area contributed by atoms with Crippen LogP contribution in [-0.2, 0) is 9.53 Å². The van der Waals surface area contributed by atoms with Crippen molar-refractivity contribution in [2.45, 2.75) is 52.0 Å². The first-order chi connectivity index (χ1) is 9.99. The fourth-order valence-electron chi connectivity index (χ4n) is 2.40. The number of aliphatic carboxylic acids is 1. The summed E-state index contributed by atoms with van der Waals surface area (Å²) >= 11 is 0. The van der Waals surface area contributed by atoms with Crippen LogP contribution in [0, 0.1) is 11.8 Å². The zero-order valence-corrected chi connectivity index (χ0v) is 13.1. The van der Waals surface area contributed by atoms with Gasteiger partial charge in [0.1, 0.15) is 0 Å². The molecule has 0 aromatic carbocycles. The molecule has 122 valence electrons. The number of nitrogens with one attached hydrogen (secondary N) is 2. The van der Waals surface area contributed by atoms with Crippen molar-refractivity contribution in [3.05, 3.63) is 0 Å². The number of carbonyl (C=O) groups is 2. The molecule has 0 saturated carbocycles. The van der Waals surface area contributed by atoms with Crippen molar-refractivity contribution in [3.8, 4) is 0 Å². The number of urea groups is 1. The molecule has 0 aliphatic carbocycles. The third-order valence-corrected chi connectivity index (χ3v) is 3.94. The molecule has 0 aromatic heterocycles. The van der Waals surface area contributed by atoms with Crippen LogP contribution in [0.3, 0.4) is 0 Å². The van der Waals surface area contributed by atoms with E-state index in [2.05, 4.69) is 10.6 Å². The standard InChI is InChI=1S/C15H28N2O4/c1-11(14(18)19)4-3-5-12(2)17-15(20)16-8-6-13-7-9-21-10-13/h11-13H,3-10H2,1-2H3,(H,18,19)(H2,16,17,20). The molecule has 1 fully saturated rings. The number of carboxylic acids is 1. The van der Waals surface area contributed by atoms with Crippen molar-refractivity contribution >= 4 is 12.0 Å². The molecule has 1 heterocycles. The quantitative estimate of drug-likeness (QED) is 0.607. The number of hydrogen-bond donors (Lipinski definition) is 3. The van der Waals surface area contributed by atoms with Crippen molar-refractivity contribution in [1.82, 2.24) is 10.6 Å². The van der Waals surface area contributed by atoms with Gasteiger partial charge in [0.2, 0.25) is 0 Å². The molecule has 0 aromatic rings. The van der Waals surface area contributed by atoms with Gasteiger partial charge in [-0.05, 0) is 38.5 Å². The summed E-state index contributed by atoms with van der Waals surface area (Å²) in [6.45, 7) is 5.96.